The van der Waals surface area contributed by atoms with Gasteiger partial charge in [0.25, 0.3) is 0 Å². The first-order valence-electron chi connectivity index (χ1n) is 8.45. The molecule has 21 heavy (non-hydrogen) atoms. The van der Waals surface area contributed by atoms with Gasteiger partial charge in [0.2, 0.25) is 5.91 Å². The molecule has 1 fully saturated rings. The summed E-state index contributed by atoms with van der Waals surface area (Å²) >= 11 is 0. The Balaban J connectivity index is 1.56. The Morgan fingerprint density at radius 1 is 1.05 bits per heavy atom. The van der Waals surface area contributed by atoms with Gasteiger partial charge in [0.05, 0.1) is 5.92 Å². The predicted molar refractivity (Wildman–Crippen MR) is 86.4 cm³/mol. The Morgan fingerprint density at radius 3 is 2.57 bits per heavy atom. The summed E-state index contributed by atoms with van der Waals surface area (Å²) in [7, 11) is 0. The van der Waals surface area contributed by atoms with Gasteiger partial charge >= 0.3 is 0 Å². The highest BCUT2D eigenvalue weighted by Gasteiger charge is 2.25. The maximum atomic E-state index is 12.5. The number of anilines is 1. The lowest BCUT2D eigenvalue weighted by molar-refractivity contribution is -0.125. The molecule has 0 aromatic heterocycles. The molecule has 3 nitrogen and oxygen atoms in total. The van der Waals surface area contributed by atoms with Crippen LogP contribution in [-0.2, 0) is 11.2 Å². The molecule has 0 bridgehead atoms. The van der Waals surface area contributed by atoms with Crippen LogP contribution >= 0.6 is 0 Å². The van der Waals surface area contributed by atoms with Crippen LogP contribution in [0.5, 0.6) is 0 Å². The largest absolute Gasteiger partial charge is 0.384 e. The number of carbonyl (C=O) groups is 1. The number of benzene rings is 1. The summed E-state index contributed by atoms with van der Waals surface area (Å²) in [6.07, 6.45) is 9.71. The Labute approximate surface area is 127 Å². The minimum absolute atomic E-state index is 0.0744. The highest BCUT2D eigenvalue weighted by molar-refractivity contribution is 5.81. The number of para-hydroxylation sites is 1. The molecular formula is C18H26N2O. The molecule has 2 aliphatic rings. The summed E-state index contributed by atoms with van der Waals surface area (Å²) in [4.78, 5) is 12.5. The topological polar surface area (TPSA) is 41.1 Å². The normalized spacial score (nSPS) is 23.3. The van der Waals surface area contributed by atoms with Crippen LogP contribution in [0.1, 0.15) is 50.5 Å². The average molecular weight is 286 g/mol. The van der Waals surface area contributed by atoms with Gasteiger partial charge in [-0.25, -0.2) is 0 Å². The lowest BCUT2D eigenvalue weighted by Gasteiger charge is -2.28. The third-order valence-corrected chi connectivity index (χ3v) is 4.84. The molecule has 1 heterocycles. The molecule has 0 radical (unpaired) electrons. The molecule has 1 saturated carbocycles. The van der Waals surface area contributed by atoms with Crippen LogP contribution in [0.15, 0.2) is 24.3 Å². The molecule has 1 unspecified atom stereocenters. The minimum atomic E-state index is 0.0744. The van der Waals surface area contributed by atoms with Crippen LogP contribution in [0.3, 0.4) is 0 Å². The first kappa shape index (κ1) is 14.4. The zero-order valence-corrected chi connectivity index (χ0v) is 12.7. The van der Waals surface area contributed by atoms with E-state index in [0.29, 0.717) is 6.04 Å². The van der Waals surface area contributed by atoms with Gasteiger partial charge in [-0.3, -0.25) is 4.79 Å². The average Bonchev–Trinajstić information content (AvgIpc) is 2.49. The van der Waals surface area contributed by atoms with Crippen molar-refractivity contribution in [3.05, 3.63) is 29.8 Å². The van der Waals surface area contributed by atoms with Gasteiger partial charge < -0.3 is 10.6 Å². The fourth-order valence-electron chi connectivity index (χ4n) is 3.55. The number of rotatable bonds is 2. The fourth-order valence-corrected chi connectivity index (χ4v) is 3.55. The highest BCUT2D eigenvalue weighted by atomic mass is 16.2. The first-order valence-corrected chi connectivity index (χ1v) is 8.45. The van der Waals surface area contributed by atoms with Crippen molar-refractivity contribution in [2.45, 2.75) is 57.4 Å². The lowest BCUT2D eigenvalue weighted by Crippen LogP contribution is -2.43. The molecular weight excluding hydrogens is 260 g/mol. The maximum Gasteiger partial charge on any atom is 0.225 e. The van der Waals surface area contributed by atoms with E-state index in [1.54, 1.807) is 0 Å². The number of hydrogen-bond acceptors (Lipinski definition) is 2. The van der Waals surface area contributed by atoms with E-state index in [2.05, 4.69) is 28.8 Å². The summed E-state index contributed by atoms with van der Waals surface area (Å²) in [5.74, 6) is 0.313. The van der Waals surface area contributed by atoms with Gasteiger partial charge in [0, 0.05) is 18.3 Å². The van der Waals surface area contributed by atoms with Crippen molar-refractivity contribution in [3.63, 3.8) is 0 Å². The SMILES string of the molecule is O=C(NC1CCCCCCC1)C1CNc2ccccc2C1. The summed E-state index contributed by atoms with van der Waals surface area (Å²) < 4.78 is 0. The first-order chi connectivity index (χ1) is 10.3. The maximum absolute atomic E-state index is 12.5. The van der Waals surface area contributed by atoms with Gasteiger partial charge in [0.1, 0.15) is 0 Å². The second kappa shape index (κ2) is 6.97. The molecule has 3 heteroatoms. The van der Waals surface area contributed by atoms with Crippen molar-refractivity contribution in [2.24, 2.45) is 5.92 Å². The minimum Gasteiger partial charge on any atom is -0.384 e. The fraction of sp³-hybridized carbons (Fsp3) is 0.611. The molecule has 1 aromatic rings. The Bertz CT molecular complexity index is 478. The van der Waals surface area contributed by atoms with E-state index in [1.807, 2.05) is 6.07 Å². The summed E-state index contributed by atoms with van der Waals surface area (Å²) in [6.45, 7) is 0.759. The number of amides is 1. The Kier molecular flexibility index (Phi) is 4.79. The van der Waals surface area contributed by atoms with E-state index < -0.39 is 0 Å². The predicted octanol–water partition coefficient (Wildman–Crippen LogP) is 3.50. The number of nitrogens with one attached hydrogen (secondary N) is 2. The molecule has 1 amide bonds. The zero-order chi connectivity index (χ0) is 14.5. The summed E-state index contributed by atoms with van der Waals surface area (Å²) in [5, 5.41) is 6.70. The summed E-state index contributed by atoms with van der Waals surface area (Å²) in [6, 6.07) is 8.71. The lowest BCUT2D eigenvalue weighted by atomic mass is 9.92. The van der Waals surface area contributed by atoms with Gasteiger partial charge in [-0.15, -0.1) is 0 Å². The standard InChI is InChI=1S/C18H26N2O/c21-18(20-16-9-4-2-1-3-5-10-16)15-12-14-8-6-7-11-17(14)19-13-15/h6-8,11,15-16,19H,1-5,9-10,12-13H2,(H,20,21). The van der Waals surface area contributed by atoms with E-state index in [-0.39, 0.29) is 11.8 Å². The van der Waals surface area contributed by atoms with Gasteiger partial charge in [-0.1, -0.05) is 50.3 Å². The van der Waals surface area contributed by atoms with E-state index in [9.17, 15) is 4.79 Å². The number of hydrogen-bond donors (Lipinski definition) is 2. The van der Waals surface area contributed by atoms with Crippen molar-refractivity contribution < 1.29 is 4.79 Å². The molecule has 2 N–H and O–H groups in total. The molecule has 1 aromatic carbocycles. The van der Waals surface area contributed by atoms with E-state index >= 15 is 0 Å². The highest BCUT2D eigenvalue weighted by Crippen LogP contribution is 2.25. The zero-order valence-electron chi connectivity index (χ0n) is 12.7. The molecule has 0 spiro atoms. The van der Waals surface area contributed by atoms with Crippen LogP contribution in [0, 0.1) is 5.92 Å². The van der Waals surface area contributed by atoms with Crippen LogP contribution in [-0.4, -0.2) is 18.5 Å². The quantitative estimate of drug-likeness (QED) is 0.873. The van der Waals surface area contributed by atoms with Crippen LogP contribution in [0.25, 0.3) is 0 Å². The Hall–Kier alpha value is -1.51. The molecule has 0 saturated heterocycles. The van der Waals surface area contributed by atoms with Gasteiger partial charge in [-0.05, 0) is 30.9 Å². The van der Waals surface area contributed by atoms with Crippen molar-refractivity contribution >= 4 is 11.6 Å². The summed E-state index contributed by atoms with van der Waals surface area (Å²) in [5.41, 5.74) is 2.45. The number of fused-ring (bicyclic) bond motifs is 1. The monoisotopic (exact) mass is 286 g/mol. The smallest absolute Gasteiger partial charge is 0.225 e. The molecule has 1 aliphatic carbocycles. The van der Waals surface area contributed by atoms with Gasteiger partial charge in [-0.2, -0.15) is 0 Å². The second-order valence-electron chi connectivity index (χ2n) is 6.49. The second-order valence-corrected chi connectivity index (χ2v) is 6.49. The van der Waals surface area contributed by atoms with Crippen LogP contribution in [0.2, 0.25) is 0 Å². The van der Waals surface area contributed by atoms with Crippen molar-refractivity contribution in [1.29, 1.82) is 0 Å². The third kappa shape index (κ3) is 3.78. The van der Waals surface area contributed by atoms with Crippen molar-refractivity contribution in [3.8, 4) is 0 Å². The van der Waals surface area contributed by atoms with E-state index in [1.165, 1.54) is 43.4 Å². The van der Waals surface area contributed by atoms with Crippen LogP contribution in [0.4, 0.5) is 5.69 Å². The van der Waals surface area contributed by atoms with Crippen LogP contribution < -0.4 is 10.6 Å². The molecule has 3 rings (SSSR count). The molecule has 114 valence electrons. The van der Waals surface area contributed by atoms with Crippen molar-refractivity contribution in [1.82, 2.24) is 5.32 Å². The molecule has 1 aliphatic heterocycles. The molecule has 1 atom stereocenters. The Morgan fingerprint density at radius 2 is 1.76 bits per heavy atom. The van der Waals surface area contributed by atoms with E-state index in [4.69, 9.17) is 0 Å². The van der Waals surface area contributed by atoms with Crippen molar-refractivity contribution in [2.75, 3.05) is 11.9 Å². The van der Waals surface area contributed by atoms with Gasteiger partial charge in [0.15, 0.2) is 0 Å². The van der Waals surface area contributed by atoms with E-state index in [0.717, 1.165) is 25.8 Å². The third-order valence-electron chi connectivity index (χ3n) is 4.84. The number of carbonyl (C=O) groups excluding carboxylic acids is 1.